The molecule has 0 aliphatic heterocycles. The topological polar surface area (TPSA) is 17.8 Å². The Balaban J connectivity index is 0.00000274. The molecule has 4 aromatic rings. The summed E-state index contributed by atoms with van der Waals surface area (Å²) >= 11 is 0. The van der Waals surface area contributed by atoms with E-state index in [4.69, 9.17) is 4.98 Å². The van der Waals surface area contributed by atoms with Crippen molar-refractivity contribution >= 4 is 0 Å². The fraction of sp³-hybridized carbons (Fsp3) is 0.323. The Labute approximate surface area is 217 Å². The molecule has 34 heavy (non-hydrogen) atoms. The molecule has 5 rings (SSSR count). The molecule has 1 saturated carbocycles. The van der Waals surface area contributed by atoms with Crippen molar-refractivity contribution in [2.75, 3.05) is 0 Å². The van der Waals surface area contributed by atoms with Gasteiger partial charge in [-0.25, -0.2) is 0 Å². The molecule has 0 saturated heterocycles. The van der Waals surface area contributed by atoms with Crippen LogP contribution in [0.15, 0.2) is 73.1 Å². The summed E-state index contributed by atoms with van der Waals surface area (Å²) in [6.45, 7) is 4.38. The number of hydrogen-bond acceptors (Lipinski definition) is 1. The van der Waals surface area contributed by atoms with Crippen molar-refractivity contribution in [3.63, 3.8) is 0 Å². The molecule has 1 heterocycles. The van der Waals surface area contributed by atoms with E-state index < -0.39 is 0 Å². The Hall–Kier alpha value is -2.48. The van der Waals surface area contributed by atoms with Gasteiger partial charge in [0.1, 0.15) is 0 Å². The van der Waals surface area contributed by atoms with Crippen molar-refractivity contribution in [3.05, 3.63) is 95.8 Å². The van der Waals surface area contributed by atoms with Gasteiger partial charge in [0.05, 0.1) is 5.82 Å². The van der Waals surface area contributed by atoms with Crippen molar-refractivity contribution in [3.8, 4) is 28.2 Å². The zero-order valence-electron chi connectivity index (χ0n) is 20.2. The number of nitrogens with zero attached hydrogens (tertiary/aromatic N) is 2. The van der Waals surface area contributed by atoms with E-state index in [1.165, 1.54) is 65.6 Å². The summed E-state index contributed by atoms with van der Waals surface area (Å²) in [4.78, 5) is 4.77. The van der Waals surface area contributed by atoms with Crippen LogP contribution < -0.4 is 0 Å². The molecule has 1 aliphatic rings. The molecule has 3 heteroatoms. The molecular weight excluding hydrogens is 593 g/mol. The van der Waals surface area contributed by atoms with Crippen LogP contribution in [0, 0.1) is 13.0 Å². The molecule has 0 atom stereocenters. The van der Waals surface area contributed by atoms with E-state index in [0.29, 0.717) is 5.92 Å². The molecular formula is C31H33IrN2-. The van der Waals surface area contributed by atoms with Gasteiger partial charge in [-0.2, -0.15) is 0 Å². The monoisotopic (exact) mass is 626 g/mol. The largest absolute Gasteiger partial charge is 0.339 e. The van der Waals surface area contributed by atoms with Crippen LogP contribution in [0.5, 0.6) is 0 Å². The Morgan fingerprint density at radius 3 is 2.50 bits per heavy atom. The van der Waals surface area contributed by atoms with Crippen molar-refractivity contribution in [1.29, 1.82) is 0 Å². The molecule has 177 valence electrons. The van der Waals surface area contributed by atoms with E-state index in [-0.39, 0.29) is 20.1 Å². The first-order chi connectivity index (χ1) is 16.2. The fourth-order valence-corrected chi connectivity index (χ4v) is 5.30. The third kappa shape index (κ3) is 5.11. The van der Waals surface area contributed by atoms with Gasteiger partial charge >= 0.3 is 0 Å². The van der Waals surface area contributed by atoms with Gasteiger partial charge in [0, 0.05) is 43.7 Å². The summed E-state index contributed by atoms with van der Waals surface area (Å²) in [7, 11) is 0. The van der Waals surface area contributed by atoms with Crippen LogP contribution in [-0.2, 0) is 26.5 Å². The first kappa shape index (κ1) is 24.6. The Bertz CT molecular complexity index is 1200. The third-order valence-electron chi connectivity index (χ3n) is 6.98. The van der Waals surface area contributed by atoms with Gasteiger partial charge in [0.15, 0.2) is 0 Å². The van der Waals surface area contributed by atoms with Gasteiger partial charge in [-0.15, -0.1) is 35.4 Å². The molecule has 0 unspecified atom stereocenters. The van der Waals surface area contributed by atoms with Crippen molar-refractivity contribution in [1.82, 2.24) is 9.55 Å². The number of rotatable bonds is 6. The van der Waals surface area contributed by atoms with E-state index in [9.17, 15) is 0 Å². The van der Waals surface area contributed by atoms with Crippen LogP contribution >= 0.6 is 0 Å². The minimum atomic E-state index is 0. The molecule has 1 aromatic heterocycles. The summed E-state index contributed by atoms with van der Waals surface area (Å²) in [5.41, 5.74) is 9.04. The summed E-state index contributed by atoms with van der Waals surface area (Å²) in [5, 5.41) is 0. The van der Waals surface area contributed by atoms with Crippen LogP contribution in [0.2, 0.25) is 0 Å². The average Bonchev–Trinajstić information content (AvgIpc) is 3.35. The molecule has 0 spiro atoms. The van der Waals surface area contributed by atoms with Crippen LogP contribution in [0.25, 0.3) is 28.2 Å². The van der Waals surface area contributed by atoms with Crippen LogP contribution in [-0.4, -0.2) is 9.55 Å². The maximum atomic E-state index is 4.77. The van der Waals surface area contributed by atoms with Gasteiger partial charge < -0.3 is 4.57 Å². The fourth-order valence-electron chi connectivity index (χ4n) is 5.30. The first-order valence-corrected chi connectivity index (χ1v) is 12.5. The van der Waals surface area contributed by atoms with E-state index in [1.54, 1.807) is 0 Å². The molecule has 1 aliphatic carbocycles. The second-order valence-corrected chi connectivity index (χ2v) is 9.43. The van der Waals surface area contributed by atoms with Crippen molar-refractivity contribution in [2.24, 2.45) is 0 Å². The van der Waals surface area contributed by atoms with Gasteiger partial charge in [-0.3, -0.25) is 4.98 Å². The summed E-state index contributed by atoms with van der Waals surface area (Å²) in [5.74, 6) is 1.63. The molecule has 2 nitrogen and oxygen atoms in total. The van der Waals surface area contributed by atoms with E-state index in [2.05, 4.69) is 85.3 Å². The molecule has 0 amide bonds. The Morgan fingerprint density at radius 1 is 1.00 bits per heavy atom. The summed E-state index contributed by atoms with van der Waals surface area (Å²) in [6.07, 6.45) is 12.9. The standard InChI is InChI=1S/C31H33N2.Ir/c1-3-10-27-21-28(24-11-6-4-7-12-24)22-29(25-13-8-5-9-14-25)30(27)33-20-19-32-31(33)26-17-15-23(2)16-18-26;/h5,8-9,13-17,19-22,24H,3-4,6-7,10-12H2,1-2H3;/q-1;. The predicted octanol–water partition coefficient (Wildman–Crippen LogP) is 8.31. The second-order valence-electron chi connectivity index (χ2n) is 9.43. The number of aromatic nitrogens is 2. The van der Waals surface area contributed by atoms with Crippen LogP contribution in [0.3, 0.4) is 0 Å². The zero-order chi connectivity index (χ0) is 22.6. The summed E-state index contributed by atoms with van der Waals surface area (Å²) < 4.78 is 2.29. The average molecular weight is 626 g/mol. The number of benzene rings is 3. The predicted molar refractivity (Wildman–Crippen MR) is 138 cm³/mol. The van der Waals surface area contributed by atoms with E-state index >= 15 is 0 Å². The zero-order valence-corrected chi connectivity index (χ0v) is 22.6. The SMILES string of the molecule is CCCc1cc(C2CCCCC2)cc(-c2ccccc2)c1-n1ccnc1-c1[c-]cc(C)cc1.[Ir]. The van der Waals surface area contributed by atoms with Gasteiger partial charge in [0.2, 0.25) is 0 Å². The maximum absolute atomic E-state index is 4.77. The van der Waals surface area contributed by atoms with Crippen LogP contribution in [0.1, 0.15) is 68.1 Å². The van der Waals surface area contributed by atoms with Gasteiger partial charge in [-0.1, -0.05) is 75.9 Å². The van der Waals surface area contributed by atoms with Gasteiger partial charge in [0.25, 0.3) is 0 Å². The quantitative estimate of drug-likeness (QED) is 0.197. The normalized spacial score (nSPS) is 14.1. The maximum Gasteiger partial charge on any atom is 0.0602 e. The molecule has 0 bridgehead atoms. The number of aryl methyl sites for hydroxylation is 2. The van der Waals surface area contributed by atoms with Crippen molar-refractivity contribution < 1.29 is 20.1 Å². The minimum Gasteiger partial charge on any atom is -0.339 e. The third-order valence-corrected chi connectivity index (χ3v) is 6.98. The second kappa shape index (κ2) is 11.3. The van der Waals surface area contributed by atoms with Crippen LogP contribution in [0.4, 0.5) is 0 Å². The summed E-state index contributed by atoms with van der Waals surface area (Å²) in [6, 6.07) is 25.6. The number of hydrogen-bond donors (Lipinski definition) is 0. The molecule has 0 N–H and O–H groups in total. The van der Waals surface area contributed by atoms with E-state index in [1.807, 2.05) is 12.3 Å². The smallest absolute Gasteiger partial charge is 0.0602 e. The Kier molecular flexibility index (Phi) is 8.19. The Morgan fingerprint density at radius 2 is 1.79 bits per heavy atom. The molecule has 1 fully saturated rings. The molecule has 3 aromatic carbocycles. The first-order valence-electron chi connectivity index (χ1n) is 12.5. The van der Waals surface area contributed by atoms with Crippen molar-refractivity contribution in [2.45, 2.75) is 64.7 Å². The number of imidazole rings is 1. The minimum absolute atomic E-state index is 0. The van der Waals surface area contributed by atoms with Gasteiger partial charge in [-0.05, 0) is 47.9 Å². The molecule has 1 radical (unpaired) electrons. The van der Waals surface area contributed by atoms with E-state index in [0.717, 1.165) is 24.2 Å².